The van der Waals surface area contributed by atoms with Gasteiger partial charge in [0.2, 0.25) is 17.7 Å². The summed E-state index contributed by atoms with van der Waals surface area (Å²) in [5.74, 6) is -1.09. The molecule has 0 aliphatic carbocycles. The number of nitrogens with one attached hydrogen (secondary N) is 3. The van der Waals surface area contributed by atoms with E-state index in [1.165, 1.54) is 6.92 Å². The third-order valence-electron chi connectivity index (χ3n) is 3.37. The van der Waals surface area contributed by atoms with Gasteiger partial charge in [0.05, 0.1) is 24.8 Å². The summed E-state index contributed by atoms with van der Waals surface area (Å²) in [5.41, 5.74) is 1.59. The van der Waals surface area contributed by atoms with E-state index in [2.05, 4.69) is 20.9 Å². The van der Waals surface area contributed by atoms with Crippen LogP contribution in [0.4, 0.5) is 0 Å². The number of hydrogen-bond donors (Lipinski definition) is 3. The van der Waals surface area contributed by atoms with Crippen LogP contribution in [-0.2, 0) is 14.4 Å². The molecule has 1 atom stereocenters. The van der Waals surface area contributed by atoms with Crippen LogP contribution in [0.3, 0.4) is 0 Å². The molecule has 1 aromatic carbocycles. The molecular weight excluding hydrogens is 320 g/mol. The van der Waals surface area contributed by atoms with Crippen LogP contribution in [0.5, 0.6) is 0 Å². The Kier molecular flexibility index (Phi) is 6.65. The third kappa shape index (κ3) is 6.06. The SMILES string of the molecule is CC(=O)NCC(=O)NCC(=O)N[C@H](c1ccccc1)c1ccccn1. The molecular formula is C18H20N4O3. The van der Waals surface area contributed by atoms with E-state index in [1.54, 1.807) is 12.3 Å². The maximum atomic E-state index is 12.2. The summed E-state index contributed by atoms with van der Waals surface area (Å²) in [6.45, 7) is 0.969. The Morgan fingerprint density at radius 1 is 0.920 bits per heavy atom. The van der Waals surface area contributed by atoms with Gasteiger partial charge in [-0.25, -0.2) is 0 Å². The number of nitrogens with zero attached hydrogens (tertiary/aromatic N) is 1. The Morgan fingerprint density at radius 3 is 2.24 bits per heavy atom. The average Bonchev–Trinajstić information content (AvgIpc) is 2.64. The smallest absolute Gasteiger partial charge is 0.240 e. The van der Waals surface area contributed by atoms with Gasteiger partial charge >= 0.3 is 0 Å². The zero-order valence-electron chi connectivity index (χ0n) is 13.9. The van der Waals surface area contributed by atoms with Crippen molar-refractivity contribution in [3.8, 4) is 0 Å². The quantitative estimate of drug-likeness (QED) is 0.685. The van der Waals surface area contributed by atoms with Crippen molar-refractivity contribution in [1.82, 2.24) is 20.9 Å². The number of rotatable bonds is 7. The Bertz CT molecular complexity index is 680. The molecule has 0 radical (unpaired) electrons. The molecule has 0 aliphatic heterocycles. The second-order valence-electron chi connectivity index (χ2n) is 5.35. The first kappa shape index (κ1) is 18.1. The van der Waals surface area contributed by atoms with Crippen LogP contribution in [0.25, 0.3) is 0 Å². The van der Waals surface area contributed by atoms with Crippen LogP contribution in [-0.4, -0.2) is 35.8 Å². The normalized spacial score (nSPS) is 11.2. The molecule has 0 unspecified atom stereocenters. The summed E-state index contributed by atoms with van der Waals surface area (Å²) < 4.78 is 0. The van der Waals surface area contributed by atoms with Gasteiger partial charge in [-0.05, 0) is 17.7 Å². The van der Waals surface area contributed by atoms with E-state index in [4.69, 9.17) is 0 Å². The van der Waals surface area contributed by atoms with Crippen molar-refractivity contribution in [3.63, 3.8) is 0 Å². The molecule has 1 heterocycles. The van der Waals surface area contributed by atoms with Crippen molar-refractivity contribution >= 4 is 17.7 Å². The monoisotopic (exact) mass is 340 g/mol. The highest BCUT2D eigenvalue weighted by atomic mass is 16.2. The molecule has 7 heteroatoms. The van der Waals surface area contributed by atoms with Gasteiger partial charge in [0, 0.05) is 13.1 Å². The molecule has 130 valence electrons. The summed E-state index contributed by atoms with van der Waals surface area (Å²) in [7, 11) is 0. The number of hydrogen-bond acceptors (Lipinski definition) is 4. The van der Waals surface area contributed by atoms with Gasteiger partial charge < -0.3 is 16.0 Å². The van der Waals surface area contributed by atoms with Gasteiger partial charge in [0.15, 0.2) is 0 Å². The minimum Gasteiger partial charge on any atom is -0.347 e. The number of carbonyl (C=O) groups is 3. The number of benzene rings is 1. The zero-order valence-corrected chi connectivity index (χ0v) is 13.9. The van der Waals surface area contributed by atoms with E-state index < -0.39 is 11.9 Å². The summed E-state index contributed by atoms with van der Waals surface area (Å²) in [6, 6.07) is 14.5. The lowest BCUT2D eigenvalue weighted by Crippen LogP contribution is -2.42. The largest absolute Gasteiger partial charge is 0.347 e. The number of aromatic nitrogens is 1. The maximum Gasteiger partial charge on any atom is 0.240 e. The molecule has 0 saturated carbocycles. The van der Waals surface area contributed by atoms with Crippen LogP contribution in [0.15, 0.2) is 54.7 Å². The molecule has 3 N–H and O–H groups in total. The molecule has 2 aromatic rings. The topological polar surface area (TPSA) is 100 Å². The molecule has 0 saturated heterocycles. The van der Waals surface area contributed by atoms with Crippen LogP contribution < -0.4 is 16.0 Å². The Balaban J connectivity index is 1.99. The van der Waals surface area contributed by atoms with Crippen LogP contribution >= 0.6 is 0 Å². The van der Waals surface area contributed by atoms with Crippen molar-refractivity contribution in [2.75, 3.05) is 13.1 Å². The molecule has 1 aromatic heterocycles. The minimum atomic E-state index is -0.431. The Morgan fingerprint density at radius 2 is 1.60 bits per heavy atom. The van der Waals surface area contributed by atoms with Gasteiger partial charge in [0.1, 0.15) is 0 Å². The van der Waals surface area contributed by atoms with Crippen LogP contribution in [0.1, 0.15) is 24.2 Å². The fraction of sp³-hybridized carbons (Fsp3) is 0.222. The molecule has 0 aliphatic rings. The van der Waals surface area contributed by atoms with Gasteiger partial charge in [-0.1, -0.05) is 36.4 Å². The molecule has 0 bridgehead atoms. The lowest BCUT2D eigenvalue weighted by molar-refractivity contribution is -0.127. The van der Waals surface area contributed by atoms with Crippen LogP contribution in [0, 0.1) is 0 Å². The second kappa shape index (κ2) is 9.17. The van der Waals surface area contributed by atoms with Crippen LogP contribution in [0.2, 0.25) is 0 Å². The van der Waals surface area contributed by atoms with E-state index in [0.717, 1.165) is 5.56 Å². The standard InChI is InChI=1S/C18H20N4O3/c1-13(23)20-11-16(24)21-12-17(25)22-18(14-7-3-2-4-8-14)15-9-5-6-10-19-15/h2-10,18H,11-12H2,1H3,(H,20,23)(H,21,24)(H,22,25)/t18-/m1/s1. The minimum absolute atomic E-state index is 0.162. The molecule has 7 nitrogen and oxygen atoms in total. The summed E-state index contributed by atoms with van der Waals surface area (Å²) in [4.78, 5) is 38.8. The first-order chi connectivity index (χ1) is 12.1. The highest BCUT2D eigenvalue weighted by Gasteiger charge is 2.18. The zero-order chi connectivity index (χ0) is 18.1. The lowest BCUT2D eigenvalue weighted by atomic mass is 10.0. The molecule has 0 spiro atoms. The Labute approximate surface area is 145 Å². The molecule has 25 heavy (non-hydrogen) atoms. The van der Waals surface area contributed by atoms with Crippen molar-refractivity contribution in [2.24, 2.45) is 0 Å². The van der Waals surface area contributed by atoms with E-state index in [-0.39, 0.29) is 24.9 Å². The van der Waals surface area contributed by atoms with Crippen molar-refractivity contribution in [3.05, 3.63) is 66.0 Å². The van der Waals surface area contributed by atoms with E-state index in [0.29, 0.717) is 5.69 Å². The molecule has 0 fully saturated rings. The molecule has 2 rings (SSSR count). The highest BCUT2D eigenvalue weighted by Crippen LogP contribution is 2.19. The maximum absolute atomic E-state index is 12.2. The number of carbonyl (C=O) groups excluding carboxylic acids is 3. The summed E-state index contributed by atoms with van der Waals surface area (Å²) >= 11 is 0. The predicted molar refractivity (Wildman–Crippen MR) is 92.4 cm³/mol. The van der Waals surface area contributed by atoms with Crippen molar-refractivity contribution in [1.29, 1.82) is 0 Å². The van der Waals surface area contributed by atoms with Gasteiger partial charge in [-0.15, -0.1) is 0 Å². The first-order valence-corrected chi connectivity index (χ1v) is 7.82. The second-order valence-corrected chi connectivity index (χ2v) is 5.35. The average molecular weight is 340 g/mol. The molecule has 3 amide bonds. The van der Waals surface area contributed by atoms with Crippen molar-refractivity contribution < 1.29 is 14.4 Å². The van der Waals surface area contributed by atoms with E-state index in [9.17, 15) is 14.4 Å². The van der Waals surface area contributed by atoms with Crippen molar-refractivity contribution in [2.45, 2.75) is 13.0 Å². The third-order valence-corrected chi connectivity index (χ3v) is 3.37. The fourth-order valence-electron chi connectivity index (χ4n) is 2.18. The van der Waals surface area contributed by atoms with Gasteiger partial charge in [-0.2, -0.15) is 0 Å². The van der Waals surface area contributed by atoms with Gasteiger partial charge in [-0.3, -0.25) is 19.4 Å². The summed E-state index contributed by atoms with van der Waals surface area (Å²) in [5, 5.41) is 7.70. The first-order valence-electron chi connectivity index (χ1n) is 7.82. The fourth-order valence-corrected chi connectivity index (χ4v) is 2.18. The summed E-state index contributed by atoms with van der Waals surface area (Å²) in [6.07, 6.45) is 1.66. The highest BCUT2D eigenvalue weighted by molar-refractivity contribution is 5.87. The lowest BCUT2D eigenvalue weighted by Gasteiger charge is -2.19. The Hall–Kier alpha value is -3.22. The predicted octanol–water partition coefficient (Wildman–Crippen LogP) is 0.540. The van der Waals surface area contributed by atoms with E-state index >= 15 is 0 Å². The van der Waals surface area contributed by atoms with Gasteiger partial charge in [0.25, 0.3) is 0 Å². The van der Waals surface area contributed by atoms with E-state index in [1.807, 2.05) is 42.5 Å². The number of amides is 3. The number of pyridine rings is 1.